The van der Waals surface area contributed by atoms with Crippen LogP contribution in [0.1, 0.15) is 67.8 Å². The van der Waals surface area contributed by atoms with E-state index in [2.05, 4.69) is 26.1 Å². The fourth-order valence-electron chi connectivity index (χ4n) is 3.24. The predicted molar refractivity (Wildman–Crippen MR) is 96.3 cm³/mol. The van der Waals surface area contributed by atoms with Gasteiger partial charge in [-0.2, -0.15) is 0 Å². The van der Waals surface area contributed by atoms with Crippen LogP contribution in [0.25, 0.3) is 0 Å². The first-order valence-corrected chi connectivity index (χ1v) is 9.50. The zero-order chi connectivity index (χ0) is 17.0. The molecular formula is C18H28N2O2S. The van der Waals surface area contributed by atoms with Crippen molar-refractivity contribution in [3.05, 3.63) is 16.0 Å². The lowest BCUT2D eigenvalue weighted by atomic mass is 9.88. The van der Waals surface area contributed by atoms with Gasteiger partial charge in [0.1, 0.15) is 5.00 Å². The van der Waals surface area contributed by atoms with Gasteiger partial charge in [-0.3, -0.25) is 9.59 Å². The quantitative estimate of drug-likeness (QED) is 0.850. The summed E-state index contributed by atoms with van der Waals surface area (Å²) in [6.45, 7) is 9.49. The molecule has 2 amide bonds. The molecule has 0 aliphatic heterocycles. The largest absolute Gasteiger partial charge is 0.339 e. The van der Waals surface area contributed by atoms with E-state index in [1.807, 2.05) is 4.90 Å². The molecule has 0 aromatic carbocycles. The van der Waals surface area contributed by atoms with Crippen LogP contribution in [0.5, 0.6) is 0 Å². The van der Waals surface area contributed by atoms with Crippen molar-refractivity contribution < 1.29 is 9.59 Å². The third kappa shape index (κ3) is 4.14. The zero-order valence-electron chi connectivity index (χ0n) is 14.7. The van der Waals surface area contributed by atoms with Crippen LogP contribution in [-0.4, -0.2) is 29.8 Å². The van der Waals surface area contributed by atoms with Crippen LogP contribution >= 0.6 is 11.3 Å². The maximum Gasteiger partial charge on any atom is 0.257 e. The van der Waals surface area contributed by atoms with Gasteiger partial charge in [0.05, 0.1) is 5.56 Å². The number of hydrogen-bond donors (Lipinski definition) is 1. The molecule has 128 valence electrons. The summed E-state index contributed by atoms with van der Waals surface area (Å²) in [7, 11) is 0. The maximum atomic E-state index is 13.1. The molecule has 0 spiro atoms. The lowest BCUT2D eigenvalue weighted by Crippen LogP contribution is -2.33. The normalized spacial score (nSPS) is 16.8. The van der Waals surface area contributed by atoms with Gasteiger partial charge in [-0.1, -0.05) is 20.8 Å². The summed E-state index contributed by atoms with van der Waals surface area (Å²) in [6, 6.07) is 0. The Morgan fingerprint density at radius 1 is 1.26 bits per heavy atom. The number of carbonyl (C=O) groups excluding carboxylic acids is 2. The van der Waals surface area contributed by atoms with E-state index in [4.69, 9.17) is 0 Å². The number of nitrogens with one attached hydrogen (secondary N) is 1. The van der Waals surface area contributed by atoms with Crippen LogP contribution in [0.3, 0.4) is 0 Å². The Hall–Kier alpha value is -1.36. The van der Waals surface area contributed by atoms with Crippen LogP contribution in [0.15, 0.2) is 0 Å². The van der Waals surface area contributed by atoms with E-state index in [9.17, 15) is 9.59 Å². The Kier molecular flexibility index (Phi) is 6.22. The molecule has 1 atom stereocenters. The zero-order valence-corrected chi connectivity index (χ0v) is 15.5. The predicted octanol–water partition coefficient (Wildman–Crippen LogP) is 4.09. The molecule has 0 fully saturated rings. The van der Waals surface area contributed by atoms with Crippen LogP contribution < -0.4 is 5.32 Å². The number of rotatable bonds is 6. The van der Waals surface area contributed by atoms with E-state index in [1.165, 1.54) is 17.4 Å². The van der Waals surface area contributed by atoms with Gasteiger partial charge in [-0.05, 0) is 43.6 Å². The van der Waals surface area contributed by atoms with Crippen molar-refractivity contribution in [1.29, 1.82) is 0 Å². The average molecular weight is 337 g/mol. The smallest absolute Gasteiger partial charge is 0.257 e. The SMILES string of the molecule is CCCN(CCC)C(=O)c1c(NC(C)=O)sc2c1CCC(C)C2. The highest BCUT2D eigenvalue weighted by molar-refractivity contribution is 7.17. The molecule has 1 aromatic heterocycles. The first-order valence-electron chi connectivity index (χ1n) is 8.69. The van der Waals surface area contributed by atoms with E-state index < -0.39 is 0 Å². The summed E-state index contributed by atoms with van der Waals surface area (Å²) in [6.07, 6.45) is 4.97. The van der Waals surface area contributed by atoms with E-state index in [0.717, 1.165) is 55.8 Å². The number of nitrogens with zero attached hydrogens (tertiary/aromatic N) is 1. The molecule has 1 aliphatic rings. The van der Waals surface area contributed by atoms with Crippen molar-refractivity contribution in [1.82, 2.24) is 4.90 Å². The van der Waals surface area contributed by atoms with Crippen molar-refractivity contribution in [3.63, 3.8) is 0 Å². The van der Waals surface area contributed by atoms with Crippen molar-refractivity contribution in [2.24, 2.45) is 5.92 Å². The second-order valence-corrected chi connectivity index (χ2v) is 7.63. The number of amides is 2. The molecule has 1 unspecified atom stereocenters. The summed E-state index contributed by atoms with van der Waals surface area (Å²) in [4.78, 5) is 27.9. The number of hydrogen-bond acceptors (Lipinski definition) is 3. The summed E-state index contributed by atoms with van der Waals surface area (Å²) in [5.41, 5.74) is 1.94. The minimum atomic E-state index is -0.108. The number of fused-ring (bicyclic) bond motifs is 1. The second kappa shape index (κ2) is 7.95. The highest BCUT2D eigenvalue weighted by Crippen LogP contribution is 2.40. The van der Waals surface area contributed by atoms with Crippen molar-refractivity contribution >= 4 is 28.2 Å². The Morgan fingerprint density at radius 3 is 2.48 bits per heavy atom. The van der Waals surface area contributed by atoms with Crippen LogP contribution in [0.4, 0.5) is 5.00 Å². The topological polar surface area (TPSA) is 49.4 Å². The lowest BCUT2D eigenvalue weighted by molar-refractivity contribution is -0.114. The second-order valence-electron chi connectivity index (χ2n) is 6.53. The highest BCUT2D eigenvalue weighted by Gasteiger charge is 2.30. The van der Waals surface area contributed by atoms with Gasteiger partial charge in [0.25, 0.3) is 5.91 Å². The number of carbonyl (C=O) groups is 2. The number of thiophene rings is 1. The first kappa shape index (κ1) is 18.0. The average Bonchev–Trinajstić information content (AvgIpc) is 2.82. The van der Waals surface area contributed by atoms with E-state index >= 15 is 0 Å². The Labute approximate surface area is 143 Å². The van der Waals surface area contributed by atoms with Gasteiger partial charge in [-0.25, -0.2) is 0 Å². The van der Waals surface area contributed by atoms with Crippen LogP contribution in [-0.2, 0) is 17.6 Å². The monoisotopic (exact) mass is 336 g/mol. The molecule has 1 aromatic rings. The lowest BCUT2D eigenvalue weighted by Gasteiger charge is -2.24. The molecule has 1 N–H and O–H groups in total. The molecule has 5 heteroatoms. The highest BCUT2D eigenvalue weighted by atomic mass is 32.1. The summed E-state index contributed by atoms with van der Waals surface area (Å²) in [5.74, 6) is 0.629. The first-order chi connectivity index (χ1) is 11.0. The minimum Gasteiger partial charge on any atom is -0.339 e. The summed E-state index contributed by atoms with van der Waals surface area (Å²) in [5, 5.41) is 3.65. The molecule has 1 heterocycles. The fourth-order valence-corrected chi connectivity index (χ4v) is 4.69. The molecule has 0 saturated carbocycles. The van der Waals surface area contributed by atoms with E-state index in [0.29, 0.717) is 5.92 Å². The van der Waals surface area contributed by atoms with Crippen molar-refractivity contribution in [2.45, 2.75) is 59.8 Å². The third-order valence-electron chi connectivity index (χ3n) is 4.29. The van der Waals surface area contributed by atoms with Gasteiger partial charge in [0, 0.05) is 24.9 Å². The molecule has 23 heavy (non-hydrogen) atoms. The maximum absolute atomic E-state index is 13.1. The molecule has 2 rings (SSSR count). The molecule has 0 radical (unpaired) electrons. The molecule has 0 saturated heterocycles. The van der Waals surface area contributed by atoms with E-state index in [1.54, 1.807) is 11.3 Å². The Balaban J connectivity index is 2.41. The summed E-state index contributed by atoms with van der Waals surface area (Å²) < 4.78 is 0. The van der Waals surface area contributed by atoms with Gasteiger partial charge in [0.15, 0.2) is 0 Å². The minimum absolute atomic E-state index is 0.0875. The number of anilines is 1. The van der Waals surface area contributed by atoms with Gasteiger partial charge < -0.3 is 10.2 Å². The molecular weight excluding hydrogens is 308 g/mol. The van der Waals surface area contributed by atoms with E-state index in [-0.39, 0.29) is 11.8 Å². The van der Waals surface area contributed by atoms with Crippen molar-refractivity contribution in [3.8, 4) is 0 Å². The van der Waals surface area contributed by atoms with Crippen LogP contribution in [0.2, 0.25) is 0 Å². The fraction of sp³-hybridized carbons (Fsp3) is 0.667. The molecule has 4 nitrogen and oxygen atoms in total. The van der Waals surface area contributed by atoms with Crippen molar-refractivity contribution in [2.75, 3.05) is 18.4 Å². The summed E-state index contributed by atoms with van der Waals surface area (Å²) >= 11 is 1.60. The molecule has 1 aliphatic carbocycles. The Bertz CT molecular complexity index is 574. The molecule has 0 bridgehead atoms. The van der Waals surface area contributed by atoms with Gasteiger partial charge >= 0.3 is 0 Å². The van der Waals surface area contributed by atoms with Gasteiger partial charge in [0.2, 0.25) is 5.91 Å². The third-order valence-corrected chi connectivity index (χ3v) is 5.46. The Morgan fingerprint density at radius 2 is 1.91 bits per heavy atom. The van der Waals surface area contributed by atoms with Gasteiger partial charge in [-0.15, -0.1) is 11.3 Å². The van der Waals surface area contributed by atoms with Crippen LogP contribution in [0, 0.1) is 5.92 Å². The standard InChI is InChI=1S/C18H28N2O2S/c1-5-9-20(10-6-2)18(22)16-14-8-7-12(3)11-15(14)23-17(16)19-13(4)21/h12H,5-11H2,1-4H3,(H,19,21).